The van der Waals surface area contributed by atoms with Crippen LogP contribution in [-0.2, 0) is 31.9 Å². The van der Waals surface area contributed by atoms with Gasteiger partial charge in [-0.05, 0) is 65.4 Å². The average Bonchev–Trinajstić information content (AvgIpc) is 3.00. The van der Waals surface area contributed by atoms with Crippen molar-refractivity contribution in [3.8, 4) is 0 Å². The van der Waals surface area contributed by atoms with Crippen LogP contribution in [0.5, 0.6) is 0 Å². The van der Waals surface area contributed by atoms with Crippen LogP contribution in [0, 0.1) is 23.3 Å². The van der Waals surface area contributed by atoms with E-state index in [9.17, 15) is 35.9 Å². The molecule has 6 nitrogen and oxygen atoms in total. The molecule has 3 aromatic rings. The van der Waals surface area contributed by atoms with Crippen LogP contribution in [0.3, 0.4) is 0 Å². The maximum Gasteiger partial charge on any atom is 0.389 e. The molecule has 0 unspecified atom stereocenters. The van der Waals surface area contributed by atoms with Gasteiger partial charge in [0.15, 0.2) is 5.78 Å². The zero-order valence-electron chi connectivity index (χ0n) is 24.6. The largest absolute Gasteiger partial charge is 0.464 e. The quantitative estimate of drug-likeness (QED) is 0.182. The lowest BCUT2D eigenvalue weighted by molar-refractivity contribution is -0.158. The Hall–Kier alpha value is -3.81. The van der Waals surface area contributed by atoms with Gasteiger partial charge < -0.3 is 20.5 Å². The molecule has 4 rings (SSSR count). The SMILES string of the molecule is N[C@H](C(=O)Cc1cc(F)cc(F)c1CC[C@@H]1CN[C@H](COC(=O)CCC(F)(F)F)CO1)C(c1ccc(F)cc1)c1ccc(F)cc1. The van der Waals surface area contributed by atoms with E-state index in [0.717, 1.165) is 6.07 Å². The minimum Gasteiger partial charge on any atom is -0.464 e. The molecule has 3 aromatic carbocycles. The lowest BCUT2D eigenvalue weighted by atomic mass is 9.82. The van der Waals surface area contributed by atoms with Gasteiger partial charge in [-0.2, -0.15) is 13.2 Å². The summed E-state index contributed by atoms with van der Waals surface area (Å²) < 4.78 is 104. The standard InChI is InChI=1S/C33H33F7N2O4/c34-22-5-1-19(2-6-22)31(20-3-7-23(35)8-4-20)32(41)29(43)14-21-13-24(36)15-28(37)27(21)10-9-26-16-42-25(17-45-26)18-46-30(44)11-12-33(38,39)40/h1-8,13,15,25-26,31-32,42H,9-12,14,16-18,41H2/t25-,26+,32+/m0/s1. The predicted molar refractivity (Wildman–Crippen MR) is 154 cm³/mol. The number of morpholine rings is 1. The smallest absolute Gasteiger partial charge is 0.389 e. The zero-order valence-corrected chi connectivity index (χ0v) is 24.6. The van der Waals surface area contributed by atoms with E-state index in [0.29, 0.717) is 17.2 Å². The number of rotatable bonds is 13. The van der Waals surface area contributed by atoms with Gasteiger partial charge in [-0.1, -0.05) is 24.3 Å². The molecule has 0 saturated carbocycles. The van der Waals surface area contributed by atoms with E-state index in [1.165, 1.54) is 48.5 Å². The van der Waals surface area contributed by atoms with Crippen LogP contribution in [0.2, 0.25) is 0 Å². The molecular formula is C33H33F7N2O4. The van der Waals surface area contributed by atoms with Gasteiger partial charge in [-0.3, -0.25) is 9.59 Å². The average molecular weight is 655 g/mol. The lowest BCUT2D eigenvalue weighted by Gasteiger charge is -2.30. The van der Waals surface area contributed by atoms with Crippen molar-refractivity contribution in [3.63, 3.8) is 0 Å². The Bertz CT molecular complexity index is 1430. The van der Waals surface area contributed by atoms with E-state index in [1.807, 2.05) is 0 Å². The van der Waals surface area contributed by atoms with E-state index < -0.39 is 84.6 Å². The highest BCUT2D eigenvalue weighted by Gasteiger charge is 2.31. The second-order valence-corrected chi connectivity index (χ2v) is 11.2. The molecule has 1 aliphatic heterocycles. The lowest BCUT2D eigenvalue weighted by Crippen LogP contribution is -2.49. The van der Waals surface area contributed by atoms with Crippen LogP contribution in [0.25, 0.3) is 0 Å². The Balaban J connectivity index is 1.38. The molecule has 46 heavy (non-hydrogen) atoms. The molecule has 0 amide bonds. The number of carbonyl (C=O) groups is 2. The number of alkyl halides is 3. The molecular weight excluding hydrogens is 621 g/mol. The Morgan fingerprint density at radius 2 is 1.54 bits per heavy atom. The van der Waals surface area contributed by atoms with Gasteiger partial charge >= 0.3 is 12.1 Å². The minimum absolute atomic E-state index is 0.0761. The first-order valence-electron chi connectivity index (χ1n) is 14.6. The Labute approximate surface area is 261 Å². The number of nitrogens with one attached hydrogen (secondary N) is 1. The first kappa shape index (κ1) is 35.1. The summed E-state index contributed by atoms with van der Waals surface area (Å²) in [6.07, 6.45) is -6.99. The monoisotopic (exact) mass is 654 g/mol. The maximum absolute atomic E-state index is 15.0. The molecule has 13 heteroatoms. The van der Waals surface area contributed by atoms with Crippen LogP contribution in [-0.4, -0.2) is 55.9 Å². The molecule has 1 saturated heterocycles. The van der Waals surface area contributed by atoms with Gasteiger partial charge in [0.2, 0.25) is 0 Å². The molecule has 1 heterocycles. The fourth-order valence-electron chi connectivity index (χ4n) is 5.31. The van der Waals surface area contributed by atoms with E-state index in [4.69, 9.17) is 15.2 Å². The van der Waals surface area contributed by atoms with Crippen LogP contribution < -0.4 is 11.1 Å². The summed E-state index contributed by atoms with van der Waals surface area (Å²) in [6.45, 7) is 0.167. The highest BCUT2D eigenvalue weighted by molar-refractivity contribution is 5.87. The third kappa shape index (κ3) is 10.1. The van der Waals surface area contributed by atoms with Crippen LogP contribution in [0.1, 0.15) is 47.4 Å². The highest BCUT2D eigenvalue weighted by atomic mass is 19.4. The fourth-order valence-corrected chi connectivity index (χ4v) is 5.31. The number of carbonyl (C=O) groups excluding carboxylic acids is 2. The molecule has 0 bridgehead atoms. The van der Waals surface area contributed by atoms with E-state index in [-0.39, 0.29) is 43.7 Å². The van der Waals surface area contributed by atoms with Crippen molar-refractivity contribution < 1.29 is 49.8 Å². The van der Waals surface area contributed by atoms with Crippen molar-refractivity contribution in [2.24, 2.45) is 5.73 Å². The topological polar surface area (TPSA) is 90.7 Å². The summed E-state index contributed by atoms with van der Waals surface area (Å²) in [5.41, 5.74) is 7.62. The Morgan fingerprint density at radius 1 is 0.935 bits per heavy atom. The number of benzene rings is 3. The molecule has 0 spiro atoms. The summed E-state index contributed by atoms with van der Waals surface area (Å²) in [5.74, 6) is -5.06. The van der Waals surface area contributed by atoms with Crippen LogP contribution in [0.15, 0.2) is 60.7 Å². The van der Waals surface area contributed by atoms with Crippen molar-refractivity contribution in [3.05, 3.63) is 106 Å². The van der Waals surface area contributed by atoms with Crippen molar-refractivity contribution >= 4 is 11.8 Å². The number of nitrogens with two attached hydrogens (primary N) is 1. The third-order valence-electron chi connectivity index (χ3n) is 7.75. The summed E-state index contributed by atoms with van der Waals surface area (Å²) in [5, 5.41) is 3.07. The van der Waals surface area contributed by atoms with Crippen LogP contribution in [0.4, 0.5) is 30.7 Å². The summed E-state index contributed by atoms with van der Waals surface area (Å²) in [4.78, 5) is 25.1. The van der Waals surface area contributed by atoms with Crippen molar-refractivity contribution in [2.45, 2.75) is 62.4 Å². The van der Waals surface area contributed by atoms with Gasteiger partial charge in [-0.25, -0.2) is 17.6 Å². The molecule has 3 atom stereocenters. The number of esters is 1. The molecule has 0 aliphatic carbocycles. The number of ketones is 1. The van der Waals surface area contributed by atoms with E-state index in [2.05, 4.69) is 5.32 Å². The van der Waals surface area contributed by atoms with Crippen LogP contribution >= 0.6 is 0 Å². The van der Waals surface area contributed by atoms with E-state index >= 15 is 4.39 Å². The van der Waals surface area contributed by atoms with E-state index in [1.54, 1.807) is 0 Å². The molecule has 248 valence electrons. The van der Waals surface area contributed by atoms with Crippen molar-refractivity contribution in [1.29, 1.82) is 0 Å². The maximum atomic E-state index is 15.0. The second-order valence-electron chi connectivity index (χ2n) is 11.2. The number of ether oxygens (including phenoxy) is 2. The van der Waals surface area contributed by atoms with Gasteiger partial charge in [0.05, 0.1) is 37.6 Å². The predicted octanol–water partition coefficient (Wildman–Crippen LogP) is 5.69. The Kier molecular flexibility index (Phi) is 11.9. The first-order chi connectivity index (χ1) is 21.8. The van der Waals surface area contributed by atoms with Gasteiger partial charge in [0.25, 0.3) is 0 Å². The number of hydrogen-bond donors (Lipinski definition) is 2. The van der Waals surface area contributed by atoms with Gasteiger partial charge in [0, 0.05) is 24.9 Å². The third-order valence-corrected chi connectivity index (χ3v) is 7.75. The van der Waals surface area contributed by atoms with Gasteiger partial charge in [-0.15, -0.1) is 0 Å². The molecule has 0 aromatic heterocycles. The molecule has 1 fully saturated rings. The zero-order chi connectivity index (χ0) is 33.4. The number of Topliss-reactive ketones (excluding diaryl/α,β-unsaturated/α-hetero) is 1. The highest BCUT2D eigenvalue weighted by Crippen LogP contribution is 2.30. The summed E-state index contributed by atoms with van der Waals surface area (Å²) in [7, 11) is 0. The number of hydrogen-bond acceptors (Lipinski definition) is 6. The van der Waals surface area contributed by atoms with Crippen molar-refractivity contribution in [2.75, 3.05) is 19.8 Å². The van der Waals surface area contributed by atoms with Crippen molar-refractivity contribution in [1.82, 2.24) is 5.32 Å². The summed E-state index contributed by atoms with van der Waals surface area (Å²) in [6, 6.07) is 10.8. The molecule has 1 aliphatic rings. The second kappa shape index (κ2) is 15.7. The fraction of sp³-hybridized carbons (Fsp3) is 0.394. The normalized spacial score (nSPS) is 17.6. The first-order valence-corrected chi connectivity index (χ1v) is 14.6. The number of halogens is 7. The Morgan fingerprint density at radius 3 is 2.09 bits per heavy atom. The molecule has 3 N–H and O–H groups in total. The molecule has 0 radical (unpaired) electrons. The van der Waals surface area contributed by atoms with Gasteiger partial charge in [0.1, 0.15) is 29.9 Å². The summed E-state index contributed by atoms with van der Waals surface area (Å²) >= 11 is 0. The minimum atomic E-state index is -4.46.